The fourth-order valence-corrected chi connectivity index (χ4v) is 3.78. The van der Waals surface area contributed by atoms with E-state index in [4.69, 9.17) is 4.74 Å². The van der Waals surface area contributed by atoms with Crippen molar-refractivity contribution in [2.75, 3.05) is 39.0 Å². The number of sulfonamides is 1. The van der Waals surface area contributed by atoms with E-state index >= 15 is 0 Å². The number of ether oxygens (including phenoxy) is 1. The summed E-state index contributed by atoms with van der Waals surface area (Å²) in [6, 6.07) is 0. The number of rotatable bonds is 7. The van der Waals surface area contributed by atoms with E-state index in [0.29, 0.717) is 25.4 Å². The Morgan fingerprint density at radius 1 is 1.44 bits per heavy atom. The molecule has 6 heteroatoms. The van der Waals surface area contributed by atoms with Crippen LogP contribution in [-0.2, 0) is 14.8 Å². The molecule has 1 saturated heterocycles. The molecule has 1 rings (SSSR count). The zero-order chi connectivity index (χ0) is 13.6. The van der Waals surface area contributed by atoms with E-state index in [9.17, 15) is 8.42 Å². The minimum absolute atomic E-state index is 0.0299. The van der Waals surface area contributed by atoms with Gasteiger partial charge < -0.3 is 10.1 Å². The van der Waals surface area contributed by atoms with Crippen LogP contribution in [0.15, 0.2) is 0 Å². The lowest BCUT2D eigenvalue weighted by Gasteiger charge is -2.35. The molecule has 0 amide bonds. The molecule has 108 valence electrons. The van der Waals surface area contributed by atoms with Gasteiger partial charge in [-0.1, -0.05) is 13.8 Å². The van der Waals surface area contributed by atoms with Gasteiger partial charge in [-0.25, -0.2) is 8.42 Å². The standard InChI is InChI=1S/C12H26N2O3S/c1-4-13-7-5-9-18(15,16)14-8-6-11(2)12(10-14)17-3/h11-13H,4-10H2,1-3H3. The average Bonchev–Trinajstić information content (AvgIpc) is 2.35. The minimum Gasteiger partial charge on any atom is -0.380 e. The van der Waals surface area contributed by atoms with Gasteiger partial charge in [-0.3, -0.25) is 0 Å². The van der Waals surface area contributed by atoms with Crippen molar-refractivity contribution in [3.05, 3.63) is 0 Å². The molecule has 1 heterocycles. The lowest BCUT2D eigenvalue weighted by molar-refractivity contribution is 0.0184. The summed E-state index contributed by atoms with van der Waals surface area (Å²) >= 11 is 0. The van der Waals surface area contributed by atoms with Crippen LogP contribution >= 0.6 is 0 Å². The first-order chi connectivity index (χ1) is 8.51. The van der Waals surface area contributed by atoms with Gasteiger partial charge in [0.2, 0.25) is 10.0 Å². The Labute approximate surface area is 111 Å². The van der Waals surface area contributed by atoms with E-state index in [0.717, 1.165) is 19.5 Å². The lowest BCUT2D eigenvalue weighted by Crippen LogP contribution is -2.47. The third-order valence-corrected chi connectivity index (χ3v) is 5.48. The normalized spacial score (nSPS) is 26.4. The molecule has 0 saturated carbocycles. The van der Waals surface area contributed by atoms with Crippen molar-refractivity contribution in [1.29, 1.82) is 0 Å². The van der Waals surface area contributed by atoms with Crippen molar-refractivity contribution in [2.24, 2.45) is 5.92 Å². The highest BCUT2D eigenvalue weighted by atomic mass is 32.2. The molecule has 1 aliphatic heterocycles. The van der Waals surface area contributed by atoms with Gasteiger partial charge in [0.05, 0.1) is 11.9 Å². The maximum absolute atomic E-state index is 12.2. The third kappa shape index (κ3) is 4.50. The Bertz CT molecular complexity index is 332. The number of methoxy groups -OCH3 is 1. The predicted octanol–water partition coefficient (Wildman–Crippen LogP) is 0.673. The summed E-state index contributed by atoms with van der Waals surface area (Å²) in [6.45, 7) is 6.90. The number of nitrogens with one attached hydrogen (secondary N) is 1. The summed E-state index contributed by atoms with van der Waals surface area (Å²) in [5, 5.41) is 3.14. The van der Waals surface area contributed by atoms with Gasteiger partial charge in [-0.05, 0) is 31.8 Å². The topological polar surface area (TPSA) is 58.6 Å². The Kier molecular flexibility index (Phi) is 6.55. The van der Waals surface area contributed by atoms with Crippen molar-refractivity contribution in [3.8, 4) is 0 Å². The van der Waals surface area contributed by atoms with Gasteiger partial charge >= 0.3 is 0 Å². The van der Waals surface area contributed by atoms with Crippen LogP contribution in [0.1, 0.15) is 26.7 Å². The maximum atomic E-state index is 12.2. The van der Waals surface area contributed by atoms with E-state index in [1.54, 1.807) is 11.4 Å². The summed E-state index contributed by atoms with van der Waals surface area (Å²) in [4.78, 5) is 0. The summed E-state index contributed by atoms with van der Waals surface area (Å²) in [5.41, 5.74) is 0. The van der Waals surface area contributed by atoms with Crippen molar-refractivity contribution >= 4 is 10.0 Å². The van der Waals surface area contributed by atoms with Crippen molar-refractivity contribution in [3.63, 3.8) is 0 Å². The SMILES string of the molecule is CCNCCCS(=O)(=O)N1CCC(C)C(OC)C1. The van der Waals surface area contributed by atoms with Gasteiger partial charge in [0.25, 0.3) is 0 Å². The predicted molar refractivity (Wildman–Crippen MR) is 73.1 cm³/mol. The molecule has 1 fully saturated rings. The maximum Gasteiger partial charge on any atom is 0.214 e. The molecule has 0 aromatic heterocycles. The van der Waals surface area contributed by atoms with E-state index in [2.05, 4.69) is 12.2 Å². The van der Waals surface area contributed by atoms with Gasteiger partial charge in [0, 0.05) is 20.2 Å². The van der Waals surface area contributed by atoms with Crippen LogP contribution in [0.2, 0.25) is 0 Å². The Morgan fingerprint density at radius 3 is 2.78 bits per heavy atom. The Hall–Kier alpha value is -0.170. The van der Waals surface area contributed by atoms with E-state index in [-0.39, 0.29) is 11.9 Å². The molecule has 0 aromatic carbocycles. The molecule has 0 radical (unpaired) electrons. The summed E-state index contributed by atoms with van der Waals surface area (Å²) < 4.78 is 31.3. The highest BCUT2D eigenvalue weighted by molar-refractivity contribution is 7.89. The molecule has 0 bridgehead atoms. The van der Waals surface area contributed by atoms with E-state index in [1.807, 2.05) is 6.92 Å². The van der Waals surface area contributed by atoms with Crippen molar-refractivity contribution in [2.45, 2.75) is 32.8 Å². The third-order valence-electron chi connectivity index (χ3n) is 3.55. The molecular formula is C12H26N2O3S. The molecule has 1 aliphatic rings. The van der Waals surface area contributed by atoms with Crippen molar-refractivity contribution < 1.29 is 13.2 Å². The molecule has 0 aliphatic carbocycles. The van der Waals surface area contributed by atoms with Crippen LogP contribution in [0.5, 0.6) is 0 Å². The second-order valence-electron chi connectivity index (χ2n) is 4.92. The molecule has 5 nitrogen and oxygen atoms in total. The lowest BCUT2D eigenvalue weighted by atomic mass is 9.97. The fourth-order valence-electron chi connectivity index (χ4n) is 2.25. The smallest absolute Gasteiger partial charge is 0.214 e. The molecule has 1 N–H and O–H groups in total. The summed E-state index contributed by atoms with van der Waals surface area (Å²) in [7, 11) is -1.46. The summed E-state index contributed by atoms with van der Waals surface area (Å²) in [5.74, 6) is 0.661. The summed E-state index contributed by atoms with van der Waals surface area (Å²) in [6.07, 6.45) is 1.58. The Balaban J connectivity index is 2.47. The second kappa shape index (κ2) is 7.43. The minimum atomic E-state index is -3.12. The monoisotopic (exact) mass is 278 g/mol. The van der Waals surface area contributed by atoms with Crippen molar-refractivity contribution in [1.82, 2.24) is 9.62 Å². The fraction of sp³-hybridized carbons (Fsp3) is 1.00. The van der Waals surface area contributed by atoms with Gasteiger partial charge in [0.15, 0.2) is 0 Å². The number of nitrogens with zero attached hydrogens (tertiary/aromatic N) is 1. The molecule has 0 spiro atoms. The quantitative estimate of drug-likeness (QED) is 0.696. The largest absolute Gasteiger partial charge is 0.380 e. The van der Waals surface area contributed by atoms with Crippen LogP contribution < -0.4 is 5.32 Å². The first-order valence-corrected chi connectivity index (χ1v) is 8.33. The first kappa shape index (κ1) is 15.9. The van der Waals surface area contributed by atoms with Crippen LogP contribution in [0.4, 0.5) is 0 Å². The average molecular weight is 278 g/mol. The molecule has 2 unspecified atom stereocenters. The van der Waals surface area contributed by atoms with Gasteiger partial charge in [-0.15, -0.1) is 0 Å². The highest BCUT2D eigenvalue weighted by Gasteiger charge is 2.32. The second-order valence-corrected chi connectivity index (χ2v) is 7.01. The zero-order valence-corrected chi connectivity index (χ0v) is 12.5. The number of piperidine rings is 1. The highest BCUT2D eigenvalue weighted by Crippen LogP contribution is 2.21. The molecule has 0 aromatic rings. The van der Waals surface area contributed by atoms with E-state index < -0.39 is 10.0 Å². The van der Waals surface area contributed by atoms with Gasteiger partial charge in [-0.2, -0.15) is 4.31 Å². The number of hydrogen-bond donors (Lipinski definition) is 1. The Morgan fingerprint density at radius 2 is 2.17 bits per heavy atom. The van der Waals surface area contributed by atoms with Crippen LogP contribution in [0.25, 0.3) is 0 Å². The van der Waals surface area contributed by atoms with Gasteiger partial charge in [0.1, 0.15) is 0 Å². The van der Waals surface area contributed by atoms with Crippen LogP contribution in [0.3, 0.4) is 0 Å². The van der Waals surface area contributed by atoms with Crippen LogP contribution in [-0.4, -0.2) is 57.9 Å². The number of hydrogen-bond acceptors (Lipinski definition) is 4. The molecule has 18 heavy (non-hydrogen) atoms. The molecular weight excluding hydrogens is 252 g/mol. The molecule has 2 atom stereocenters. The zero-order valence-electron chi connectivity index (χ0n) is 11.7. The first-order valence-electron chi connectivity index (χ1n) is 6.72. The van der Waals surface area contributed by atoms with Crippen LogP contribution in [0, 0.1) is 5.92 Å². The van der Waals surface area contributed by atoms with E-state index in [1.165, 1.54) is 0 Å².